The standard InChI is InChI=1S/C16H25NO2/c1-15(2,3)12-9-16(17,10-12)11-6-7-13(18-4)14(8-11)19-5/h6-8,12H,9-10,17H2,1-5H3. The second-order valence-corrected chi connectivity index (χ2v) is 6.70. The van der Waals surface area contributed by atoms with E-state index in [9.17, 15) is 0 Å². The molecule has 0 bridgehead atoms. The summed E-state index contributed by atoms with van der Waals surface area (Å²) in [7, 11) is 3.30. The molecule has 0 heterocycles. The highest BCUT2D eigenvalue weighted by Gasteiger charge is 2.47. The Balaban J connectivity index is 2.20. The Labute approximate surface area is 116 Å². The summed E-state index contributed by atoms with van der Waals surface area (Å²) >= 11 is 0. The van der Waals surface area contributed by atoms with Crippen LogP contribution in [0.2, 0.25) is 0 Å². The molecule has 3 nitrogen and oxygen atoms in total. The van der Waals surface area contributed by atoms with E-state index in [0.717, 1.165) is 29.9 Å². The molecular weight excluding hydrogens is 238 g/mol. The fraction of sp³-hybridized carbons (Fsp3) is 0.625. The summed E-state index contributed by atoms with van der Waals surface area (Å²) < 4.78 is 10.6. The molecule has 2 N–H and O–H groups in total. The third-order valence-corrected chi connectivity index (χ3v) is 4.40. The summed E-state index contributed by atoms with van der Waals surface area (Å²) in [5, 5.41) is 0. The van der Waals surface area contributed by atoms with Gasteiger partial charge in [-0.3, -0.25) is 0 Å². The summed E-state index contributed by atoms with van der Waals surface area (Å²) in [6, 6.07) is 6.01. The van der Waals surface area contributed by atoms with Crippen LogP contribution in [0.4, 0.5) is 0 Å². The SMILES string of the molecule is COc1ccc(C2(N)CC(C(C)(C)C)C2)cc1OC. The smallest absolute Gasteiger partial charge is 0.161 e. The maximum absolute atomic E-state index is 6.53. The highest BCUT2D eigenvalue weighted by atomic mass is 16.5. The van der Waals surface area contributed by atoms with Crippen molar-refractivity contribution in [3.63, 3.8) is 0 Å². The predicted molar refractivity (Wildman–Crippen MR) is 77.6 cm³/mol. The van der Waals surface area contributed by atoms with Crippen molar-refractivity contribution in [1.82, 2.24) is 0 Å². The van der Waals surface area contributed by atoms with Gasteiger partial charge in [-0.05, 0) is 41.9 Å². The second-order valence-electron chi connectivity index (χ2n) is 6.70. The van der Waals surface area contributed by atoms with Crippen LogP contribution in [-0.2, 0) is 5.54 Å². The topological polar surface area (TPSA) is 44.5 Å². The number of hydrogen-bond donors (Lipinski definition) is 1. The summed E-state index contributed by atoms with van der Waals surface area (Å²) in [5.74, 6) is 2.19. The van der Waals surface area contributed by atoms with Crippen LogP contribution in [-0.4, -0.2) is 14.2 Å². The Morgan fingerprint density at radius 1 is 1.11 bits per heavy atom. The van der Waals surface area contributed by atoms with Gasteiger partial charge in [0.25, 0.3) is 0 Å². The van der Waals surface area contributed by atoms with Crippen molar-refractivity contribution in [2.75, 3.05) is 14.2 Å². The van der Waals surface area contributed by atoms with E-state index >= 15 is 0 Å². The lowest BCUT2D eigenvalue weighted by Crippen LogP contribution is -2.52. The molecule has 0 amide bonds. The number of ether oxygens (including phenoxy) is 2. The molecule has 0 saturated heterocycles. The molecule has 106 valence electrons. The van der Waals surface area contributed by atoms with Gasteiger partial charge in [-0.15, -0.1) is 0 Å². The molecule has 19 heavy (non-hydrogen) atoms. The van der Waals surface area contributed by atoms with E-state index in [2.05, 4.69) is 26.8 Å². The Kier molecular flexibility index (Phi) is 3.52. The van der Waals surface area contributed by atoms with Gasteiger partial charge in [-0.2, -0.15) is 0 Å². The molecule has 1 aromatic carbocycles. The van der Waals surface area contributed by atoms with E-state index in [1.54, 1.807) is 14.2 Å². The lowest BCUT2D eigenvalue weighted by Gasteiger charge is -2.51. The largest absolute Gasteiger partial charge is 0.493 e. The summed E-state index contributed by atoms with van der Waals surface area (Å²) in [6.45, 7) is 6.85. The minimum absolute atomic E-state index is 0.211. The van der Waals surface area contributed by atoms with Gasteiger partial charge >= 0.3 is 0 Å². The van der Waals surface area contributed by atoms with Gasteiger partial charge < -0.3 is 15.2 Å². The van der Waals surface area contributed by atoms with Crippen molar-refractivity contribution < 1.29 is 9.47 Å². The van der Waals surface area contributed by atoms with Gasteiger partial charge in [0, 0.05) is 5.54 Å². The van der Waals surface area contributed by atoms with E-state index in [1.807, 2.05) is 12.1 Å². The minimum atomic E-state index is -0.211. The van der Waals surface area contributed by atoms with Crippen LogP contribution in [0.5, 0.6) is 11.5 Å². The average molecular weight is 263 g/mol. The van der Waals surface area contributed by atoms with E-state index in [0.29, 0.717) is 11.3 Å². The van der Waals surface area contributed by atoms with Crippen molar-refractivity contribution >= 4 is 0 Å². The molecule has 1 aromatic rings. The Morgan fingerprint density at radius 2 is 1.68 bits per heavy atom. The maximum atomic E-state index is 6.53. The monoisotopic (exact) mass is 263 g/mol. The number of methoxy groups -OCH3 is 2. The van der Waals surface area contributed by atoms with Gasteiger partial charge in [0.05, 0.1) is 14.2 Å². The molecule has 0 aromatic heterocycles. The molecule has 0 unspecified atom stereocenters. The summed E-state index contributed by atoms with van der Waals surface area (Å²) in [5.41, 5.74) is 7.80. The minimum Gasteiger partial charge on any atom is -0.493 e. The van der Waals surface area contributed by atoms with Crippen LogP contribution >= 0.6 is 0 Å². The van der Waals surface area contributed by atoms with E-state index in [4.69, 9.17) is 15.2 Å². The molecule has 0 atom stereocenters. The Morgan fingerprint density at radius 3 is 2.16 bits per heavy atom. The van der Waals surface area contributed by atoms with E-state index in [-0.39, 0.29) is 5.54 Å². The zero-order valence-corrected chi connectivity index (χ0v) is 12.6. The molecule has 1 saturated carbocycles. The zero-order chi connectivity index (χ0) is 14.3. The van der Waals surface area contributed by atoms with Crippen LogP contribution in [0.25, 0.3) is 0 Å². The van der Waals surface area contributed by atoms with Gasteiger partial charge in [0.2, 0.25) is 0 Å². The van der Waals surface area contributed by atoms with Crippen molar-refractivity contribution in [3.8, 4) is 11.5 Å². The molecule has 0 radical (unpaired) electrons. The first-order valence-corrected chi connectivity index (χ1v) is 6.81. The average Bonchev–Trinajstić information content (AvgIpc) is 2.32. The predicted octanol–water partition coefficient (Wildman–Crippen LogP) is 3.31. The van der Waals surface area contributed by atoms with Gasteiger partial charge in [0.15, 0.2) is 11.5 Å². The molecule has 2 rings (SSSR count). The third kappa shape index (κ3) is 2.57. The Hall–Kier alpha value is -1.22. The lowest BCUT2D eigenvalue weighted by molar-refractivity contribution is 0.0488. The molecule has 3 heteroatoms. The lowest BCUT2D eigenvalue weighted by atomic mass is 9.57. The molecular formula is C16H25NO2. The Bertz CT molecular complexity index is 456. The number of benzene rings is 1. The van der Waals surface area contributed by atoms with Gasteiger partial charge in [-0.25, -0.2) is 0 Å². The first-order valence-electron chi connectivity index (χ1n) is 6.81. The number of hydrogen-bond acceptors (Lipinski definition) is 3. The fourth-order valence-corrected chi connectivity index (χ4v) is 2.81. The van der Waals surface area contributed by atoms with Crippen molar-refractivity contribution in [3.05, 3.63) is 23.8 Å². The molecule has 1 aliphatic rings. The fourth-order valence-electron chi connectivity index (χ4n) is 2.81. The number of rotatable bonds is 3. The van der Waals surface area contributed by atoms with Crippen LogP contribution in [0.15, 0.2) is 18.2 Å². The molecule has 0 aliphatic heterocycles. The highest BCUT2D eigenvalue weighted by molar-refractivity contribution is 5.45. The zero-order valence-electron chi connectivity index (χ0n) is 12.6. The first kappa shape index (κ1) is 14.2. The van der Waals surface area contributed by atoms with Crippen molar-refractivity contribution in [2.45, 2.75) is 39.2 Å². The van der Waals surface area contributed by atoms with Crippen molar-refractivity contribution in [2.24, 2.45) is 17.1 Å². The van der Waals surface area contributed by atoms with Crippen LogP contribution in [0.3, 0.4) is 0 Å². The molecule has 0 spiro atoms. The maximum Gasteiger partial charge on any atom is 0.161 e. The molecule has 1 fully saturated rings. The van der Waals surface area contributed by atoms with Crippen LogP contribution in [0.1, 0.15) is 39.2 Å². The summed E-state index contributed by atoms with van der Waals surface area (Å²) in [6.07, 6.45) is 2.07. The van der Waals surface area contributed by atoms with Crippen LogP contribution < -0.4 is 15.2 Å². The van der Waals surface area contributed by atoms with Gasteiger partial charge in [0.1, 0.15) is 0 Å². The van der Waals surface area contributed by atoms with E-state index in [1.165, 1.54) is 0 Å². The van der Waals surface area contributed by atoms with Crippen molar-refractivity contribution in [1.29, 1.82) is 0 Å². The van der Waals surface area contributed by atoms with E-state index < -0.39 is 0 Å². The summed E-state index contributed by atoms with van der Waals surface area (Å²) in [4.78, 5) is 0. The van der Waals surface area contributed by atoms with Gasteiger partial charge in [-0.1, -0.05) is 26.8 Å². The second kappa shape index (κ2) is 4.71. The third-order valence-electron chi connectivity index (χ3n) is 4.40. The normalized spacial score (nSPS) is 26.7. The molecule has 1 aliphatic carbocycles. The number of nitrogens with two attached hydrogens (primary N) is 1. The first-order chi connectivity index (χ1) is 8.80. The van der Waals surface area contributed by atoms with Crippen LogP contribution in [0, 0.1) is 11.3 Å². The highest BCUT2D eigenvalue weighted by Crippen LogP contribution is 2.52. The quantitative estimate of drug-likeness (QED) is 0.910.